The van der Waals surface area contributed by atoms with Crippen molar-refractivity contribution in [2.75, 3.05) is 36.7 Å². The molecule has 2 aliphatic heterocycles. The van der Waals surface area contributed by atoms with Crippen molar-refractivity contribution in [2.24, 2.45) is 5.73 Å². The molecule has 0 saturated carbocycles. The molecule has 0 aliphatic carbocycles. The minimum absolute atomic E-state index is 0.0328. The van der Waals surface area contributed by atoms with Crippen molar-refractivity contribution in [3.63, 3.8) is 0 Å². The molecule has 2 aliphatic rings. The molecule has 182 valence electrons. The Morgan fingerprint density at radius 3 is 2.71 bits per heavy atom. The summed E-state index contributed by atoms with van der Waals surface area (Å²) in [5, 5.41) is 0.575. The summed E-state index contributed by atoms with van der Waals surface area (Å²) in [6, 6.07) is 11.7. The van der Waals surface area contributed by atoms with Gasteiger partial charge in [0.15, 0.2) is 5.82 Å². The van der Waals surface area contributed by atoms with Gasteiger partial charge in [-0.1, -0.05) is 35.3 Å². The lowest BCUT2D eigenvalue weighted by atomic mass is 10.0. The van der Waals surface area contributed by atoms with E-state index in [0.29, 0.717) is 36.4 Å². The topological polar surface area (TPSA) is 84.2 Å². The Balaban J connectivity index is 1.57. The monoisotopic (exact) mass is 516 g/mol. The summed E-state index contributed by atoms with van der Waals surface area (Å²) in [6.45, 7) is 1.69. The fraction of sp³-hybridized carbons (Fsp3) is 0.280. The maximum absolute atomic E-state index is 14.5. The van der Waals surface area contributed by atoms with Crippen molar-refractivity contribution in [3.8, 4) is 11.1 Å². The fourth-order valence-electron chi connectivity index (χ4n) is 4.17. The zero-order valence-corrected chi connectivity index (χ0v) is 20.4. The Morgan fingerprint density at radius 1 is 1.23 bits per heavy atom. The molecule has 7 nitrogen and oxygen atoms in total. The van der Waals surface area contributed by atoms with Gasteiger partial charge in [0.1, 0.15) is 24.9 Å². The average Bonchev–Trinajstić information content (AvgIpc) is 3.60. The zero-order valence-electron chi connectivity index (χ0n) is 18.9. The molecule has 1 amide bonds. The van der Waals surface area contributed by atoms with Crippen molar-refractivity contribution in [1.82, 2.24) is 4.98 Å². The average molecular weight is 517 g/mol. The van der Waals surface area contributed by atoms with Crippen molar-refractivity contribution >= 4 is 40.6 Å². The highest BCUT2D eigenvalue weighted by molar-refractivity contribution is 6.34. The summed E-state index contributed by atoms with van der Waals surface area (Å²) in [4.78, 5) is 21.1. The standard InChI is InChI=1S/C25H23Cl2FN4O3/c1-31(25(33)21-18(27)4-2-5-19(21)28)24-20(32-8-3-9-34-13-32)11-15(12-30-24)16-10-14(6-7-17(16)26)22-23(29)35-22/h2,4-7,10-12,22-23H,3,8-9,13,29H2,1H3. The first kappa shape index (κ1) is 24.0. The van der Waals surface area contributed by atoms with E-state index in [1.54, 1.807) is 19.3 Å². The smallest absolute Gasteiger partial charge is 0.263 e. The molecule has 2 atom stereocenters. The summed E-state index contributed by atoms with van der Waals surface area (Å²) in [7, 11) is 1.54. The summed E-state index contributed by atoms with van der Waals surface area (Å²) in [6.07, 6.45) is 1.96. The summed E-state index contributed by atoms with van der Waals surface area (Å²) in [5.41, 5.74) is 8.72. The van der Waals surface area contributed by atoms with E-state index in [1.807, 2.05) is 23.1 Å². The zero-order chi connectivity index (χ0) is 24.7. The van der Waals surface area contributed by atoms with E-state index in [1.165, 1.54) is 23.1 Å². The number of hydrogen-bond acceptors (Lipinski definition) is 6. The Hall–Kier alpha value is -2.75. The van der Waals surface area contributed by atoms with E-state index in [9.17, 15) is 9.18 Å². The number of hydrogen-bond donors (Lipinski definition) is 1. The van der Waals surface area contributed by atoms with Gasteiger partial charge >= 0.3 is 0 Å². The Morgan fingerprint density at radius 2 is 2.03 bits per heavy atom. The van der Waals surface area contributed by atoms with Crippen LogP contribution >= 0.6 is 23.2 Å². The molecule has 2 unspecified atom stereocenters. The van der Waals surface area contributed by atoms with E-state index in [2.05, 4.69) is 4.98 Å². The number of carbonyl (C=O) groups is 1. The summed E-state index contributed by atoms with van der Waals surface area (Å²) < 4.78 is 25.5. The SMILES string of the molecule is CN(C(=O)c1c(F)cccc1Cl)c1ncc(-c2cc(C3OC3N)ccc2Cl)cc1N1CCCOC1. The molecule has 2 fully saturated rings. The van der Waals surface area contributed by atoms with Gasteiger partial charge in [-0.3, -0.25) is 9.69 Å². The lowest BCUT2D eigenvalue weighted by molar-refractivity contribution is 0.0986. The van der Waals surface area contributed by atoms with Gasteiger partial charge in [-0.2, -0.15) is 0 Å². The number of pyridine rings is 1. The number of benzene rings is 2. The van der Waals surface area contributed by atoms with E-state index < -0.39 is 11.7 Å². The van der Waals surface area contributed by atoms with Crippen LogP contribution in [0, 0.1) is 5.82 Å². The molecule has 0 spiro atoms. The normalized spacial score (nSPS) is 19.5. The highest BCUT2D eigenvalue weighted by atomic mass is 35.5. The molecule has 2 N–H and O–H groups in total. The first-order valence-corrected chi connectivity index (χ1v) is 11.9. The van der Waals surface area contributed by atoms with Crippen LogP contribution in [0.25, 0.3) is 11.1 Å². The van der Waals surface area contributed by atoms with Crippen LogP contribution < -0.4 is 15.5 Å². The molecule has 0 radical (unpaired) electrons. The molecule has 35 heavy (non-hydrogen) atoms. The molecule has 10 heteroatoms. The predicted molar refractivity (Wildman–Crippen MR) is 133 cm³/mol. The second-order valence-corrected chi connectivity index (χ2v) is 9.26. The van der Waals surface area contributed by atoms with Gasteiger partial charge in [-0.15, -0.1) is 0 Å². The van der Waals surface area contributed by atoms with E-state index in [4.69, 9.17) is 38.4 Å². The van der Waals surface area contributed by atoms with Crippen LogP contribution in [0.3, 0.4) is 0 Å². The number of nitrogens with two attached hydrogens (primary N) is 1. The third-order valence-corrected chi connectivity index (χ3v) is 6.75. The highest BCUT2D eigenvalue weighted by Crippen LogP contribution is 2.40. The quantitative estimate of drug-likeness (QED) is 0.479. The van der Waals surface area contributed by atoms with Crippen LogP contribution in [-0.4, -0.2) is 44.0 Å². The number of aromatic nitrogens is 1. The second kappa shape index (κ2) is 9.72. The highest BCUT2D eigenvalue weighted by Gasteiger charge is 2.37. The second-order valence-electron chi connectivity index (χ2n) is 8.44. The third kappa shape index (κ3) is 4.72. The number of nitrogens with zero attached hydrogens (tertiary/aromatic N) is 3. The number of carbonyl (C=O) groups excluding carboxylic acids is 1. The maximum Gasteiger partial charge on any atom is 0.263 e. The number of amides is 1. The Bertz CT molecular complexity index is 1270. The first-order chi connectivity index (χ1) is 16.8. The van der Waals surface area contributed by atoms with Gasteiger partial charge in [-0.25, -0.2) is 9.37 Å². The van der Waals surface area contributed by atoms with Crippen LogP contribution in [0.4, 0.5) is 15.9 Å². The Kier molecular flexibility index (Phi) is 6.65. The lowest BCUT2D eigenvalue weighted by Gasteiger charge is -2.32. The molecular weight excluding hydrogens is 494 g/mol. The van der Waals surface area contributed by atoms with Gasteiger partial charge < -0.3 is 20.1 Å². The van der Waals surface area contributed by atoms with Crippen molar-refractivity contribution < 1.29 is 18.7 Å². The van der Waals surface area contributed by atoms with Crippen molar-refractivity contribution in [2.45, 2.75) is 18.8 Å². The minimum Gasteiger partial charge on any atom is -0.361 e. The van der Waals surface area contributed by atoms with E-state index in [0.717, 1.165) is 23.1 Å². The number of rotatable bonds is 5. The molecule has 3 heterocycles. The minimum atomic E-state index is -0.696. The van der Waals surface area contributed by atoms with Crippen molar-refractivity contribution in [3.05, 3.63) is 75.7 Å². The molecule has 5 rings (SSSR count). The fourth-order valence-corrected chi connectivity index (χ4v) is 4.64. The first-order valence-electron chi connectivity index (χ1n) is 11.1. The third-order valence-electron chi connectivity index (χ3n) is 6.11. The summed E-state index contributed by atoms with van der Waals surface area (Å²) >= 11 is 12.7. The molecule has 3 aromatic rings. The molecule has 0 bridgehead atoms. The predicted octanol–water partition coefficient (Wildman–Crippen LogP) is 5.01. The number of epoxide rings is 1. The van der Waals surface area contributed by atoms with E-state index >= 15 is 0 Å². The molecule has 2 aromatic carbocycles. The Labute approximate surface area is 212 Å². The van der Waals surface area contributed by atoms with Gasteiger partial charge in [0.2, 0.25) is 0 Å². The van der Waals surface area contributed by atoms with Gasteiger partial charge in [0.25, 0.3) is 5.91 Å². The molecule has 2 saturated heterocycles. The molecule has 1 aromatic heterocycles. The van der Waals surface area contributed by atoms with Crippen LogP contribution in [0.1, 0.15) is 28.4 Å². The van der Waals surface area contributed by atoms with E-state index in [-0.39, 0.29) is 22.9 Å². The van der Waals surface area contributed by atoms with Crippen LogP contribution in [0.15, 0.2) is 48.7 Å². The lowest BCUT2D eigenvalue weighted by Crippen LogP contribution is -2.36. The van der Waals surface area contributed by atoms with Crippen molar-refractivity contribution in [1.29, 1.82) is 0 Å². The number of halogens is 3. The largest absolute Gasteiger partial charge is 0.361 e. The maximum atomic E-state index is 14.5. The van der Waals surface area contributed by atoms with Crippen LogP contribution in [0.2, 0.25) is 10.0 Å². The number of anilines is 2. The van der Waals surface area contributed by atoms with Gasteiger partial charge in [0, 0.05) is 35.9 Å². The number of ether oxygens (including phenoxy) is 2. The summed E-state index contributed by atoms with van der Waals surface area (Å²) in [5.74, 6) is -0.950. The van der Waals surface area contributed by atoms with Crippen LogP contribution in [-0.2, 0) is 9.47 Å². The molecular formula is C25H23Cl2FN4O3. The van der Waals surface area contributed by atoms with Crippen LogP contribution in [0.5, 0.6) is 0 Å². The van der Waals surface area contributed by atoms with Gasteiger partial charge in [0.05, 0.1) is 22.9 Å². The van der Waals surface area contributed by atoms with Gasteiger partial charge in [-0.05, 0) is 42.3 Å².